The highest BCUT2D eigenvalue weighted by atomic mass is 16.2. The summed E-state index contributed by atoms with van der Waals surface area (Å²) in [6.07, 6.45) is 2.99. The van der Waals surface area contributed by atoms with Crippen LogP contribution in [0.5, 0.6) is 0 Å². The molecule has 6 heteroatoms. The minimum atomic E-state index is -0.472. The number of aromatic nitrogens is 4. The van der Waals surface area contributed by atoms with Gasteiger partial charge in [0.2, 0.25) is 5.91 Å². The third-order valence-electron chi connectivity index (χ3n) is 4.55. The maximum Gasteiger partial charge on any atom is 0.245 e. The van der Waals surface area contributed by atoms with E-state index in [-0.39, 0.29) is 11.8 Å². The van der Waals surface area contributed by atoms with Crippen LogP contribution in [0.25, 0.3) is 0 Å². The monoisotopic (exact) mass is 349 g/mol. The van der Waals surface area contributed by atoms with Gasteiger partial charge >= 0.3 is 0 Å². The van der Waals surface area contributed by atoms with Crippen LogP contribution in [-0.4, -0.2) is 32.7 Å². The summed E-state index contributed by atoms with van der Waals surface area (Å²) in [6, 6.07) is 19.7. The third kappa shape index (κ3) is 4.53. The predicted octanol–water partition coefficient (Wildman–Crippen LogP) is 2.77. The molecule has 6 nitrogen and oxygen atoms in total. The van der Waals surface area contributed by atoms with Crippen molar-refractivity contribution in [2.24, 2.45) is 0 Å². The summed E-state index contributed by atoms with van der Waals surface area (Å²) >= 11 is 0. The van der Waals surface area contributed by atoms with Crippen LogP contribution in [0, 0.1) is 0 Å². The van der Waals surface area contributed by atoms with Crippen LogP contribution in [0.15, 0.2) is 67.0 Å². The van der Waals surface area contributed by atoms with Crippen LogP contribution in [0.4, 0.5) is 0 Å². The lowest BCUT2D eigenvalue weighted by atomic mass is 9.96. The molecule has 0 aliphatic carbocycles. The van der Waals surface area contributed by atoms with E-state index in [1.165, 1.54) is 16.6 Å². The standard InChI is InChI=1S/C20H23N5O/c1-2-17(18-11-7-4-8-12-18)14-21-20(26)19(25-15-22-23-24-25)13-16-9-5-3-6-10-16/h3-12,15,17,19H,2,13-14H2,1H3,(H,21,26)/t17-,19+/m0/s1. The van der Waals surface area contributed by atoms with E-state index in [0.717, 1.165) is 12.0 Å². The molecule has 0 spiro atoms. The number of hydrogen-bond acceptors (Lipinski definition) is 4. The molecule has 3 aromatic rings. The fourth-order valence-corrected chi connectivity index (χ4v) is 3.02. The first-order valence-electron chi connectivity index (χ1n) is 8.87. The number of nitrogens with zero attached hydrogens (tertiary/aromatic N) is 4. The van der Waals surface area contributed by atoms with Gasteiger partial charge in [0.15, 0.2) is 0 Å². The molecule has 1 N–H and O–H groups in total. The molecule has 1 aromatic heterocycles. The highest BCUT2D eigenvalue weighted by Gasteiger charge is 2.23. The van der Waals surface area contributed by atoms with Crippen molar-refractivity contribution >= 4 is 5.91 Å². The Labute approximate surface area is 153 Å². The Morgan fingerprint density at radius 1 is 1.08 bits per heavy atom. The second-order valence-electron chi connectivity index (χ2n) is 6.26. The van der Waals surface area contributed by atoms with Gasteiger partial charge in [0.1, 0.15) is 12.4 Å². The summed E-state index contributed by atoms with van der Waals surface area (Å²) < 4.78 is 1.52. The Morgan fingerprint density at radius 3 is 2.38 bits per heavy atom. The number of rotatable bonds is 8. The number of hydrogen-bond donors (Lipinski definition) is 1. The molecule has 1 amide bonds. The van der Waals surface area contributed by atoms with Crippen molar-refractivity contribution in [1.82, 2.24) is 25.5 Å². The van der Waals surface area contributed by atoms with E-state index in [4.69, 9.17) is 0 Å². The summed E-state index contributed by atoms with van der Waals surface area (Å²) in [6.45, 7) is 2.72. The quantitative estimate of drug-likeness (QED) is 0.679. The average molecular weight is 349 g/mol. The van der Waals surface area contributed by atoms with Crippen molar-refractivity contribution in [3.05, 3.63) is 78.1 Å². The number of carbonyl (C=O) groups excluding carboxylic acids is 1. The van der Waals surface area contributed by atoms with E-state index < -0.39 is 6.04 Å². The zero-order chi connectivity index (χ0) is 18.2. The molecular weight excluding hydrogens is 326 g/mol. The lowest BCUT2D eigenvalue weighted by molar-refractivity contribution is -0.124. The fraction of sp³-hybridized carbons (Fsp3) is 0.300. The highest BCUT2D eigenvalue weighted by molar-refractivity contribution is 5.80. The highest BCUT2D eigenvalue weighted by Crippen LogP contribution is 2.19. The second kappa shape index (κ2) is 8.89. The van der Waals surface area contributed by atoms with Gasteiger partial charge in [0.05, 0.1) is 0 Å². The van der Waals surface area contributed by atoms with Crippen LogP contribution < -0.4 is 5.32 Å². The van der Waals surface area contributed by atoms with Gasteiger partial charge in [0.25, 0.3) is 0 Å². The lowest BCUT2D eigenvalue weighted by Gasteiger charge is -2.20. The van der Waals surface area contributed by atoms with Crippen LogP contribution in [-0.2, 0) is 11.2 Å². The molecule has 26 heavy (non-hydrogen) atoms. The van der Waals surface area contributed by atoms with Gasteiger partial charge in [-0.3, -0.25) is 4.79 Å². The molecule has 0 aliphatic heterocycles. The van der Waals surface area contributed by atoms with Gasteiger partial charge in [-0.25, -0.2) is 4.68 Å². The number of tetrazole rings is 1. The molecule has 0 saturated carbocycles. The molecule has 0 bridgehead atoms. The number of amides is 1. The fourth-order valence-electron chi connectivity index (χ4n) is 3.02. The van der Waals surface area contributed by atoms with E-state index >= 15 is 0 Å². The van der Waals surface area contributed by atoms with E-state index in [9.17, 15) is 4.79 Å². The SMILES string of the molecule is CC[C@@H](CNC(=O)[C@@H](Cc1ccccc1)n1cnnn1)c1ccccc1. The van der Waals surface area contributed by atoms with Crippen molar-refractivity contribution in [3.63, 3.8) is 0 Å². The predicted molar refractivity (Wildman–Crippen MR) is 99.5 cm³/mol. The van der Waals surface area contributed by atoms with Gasteiger partial charge < -0.3 is 5.32 Å². The minimum absolute atomic E-state index is 0.0736. The summed E-state index contributed by atoms with van der Waals surface area (Å²) in [4.78, 5) is 12.9. The van der Waals surface area contributed by atoms with Crippen molar-refractivity contribution in [3.8, 4) is 0 Å². The first-order valence-corrected chi connectivity index (χ1v) is 8.87. The van der Waals surface area contributed by atoms with Gasteiger partial charge in [-0.05, 0) is 28.0 Å². The first kappa shape index (κ1) is 17.8. The van der Waals surface area contributed by atoms with Gasteiger partial charge in [-0.1, -0.05) is 67.6 Å². The molecule has 2 atom stereocenters. The van der Waals surface area contributed by atoms with Crippen molar-refractivity contribution in [2.75, 3.05) is 6.54 Å². The Balaban J connectivity index is 1.69. The molecule has 0 fully saturated rings. The zero-order valence-corrected chi connectivity index (χ0v) is 14.8. The second-order valence-corrected chi connectivity index (χ2v) is 6.26. The van der Waals surface area contributed by atoms with E-state index in [1.807, 2.05) is 48.5 Å². The molecule has 2 aromatic carbocycles. The smallest absolute Gasteiger partial charge is 0.245 e. The van der Waals surface area contributed by atoms with E-state index in [1.54, 1.807) is 0 Å². The third-order valence-corrected chi connectivity index (χ3v) is 4.55. The summed E-state index contributed by atoms with van der Waals surface area (Å²) in [5, 5.41) is 14.4. The van der Waals surface area contributed by atoms with Gasteiger partial charge in [-0.15, -0.1) is 5.10 Å². The van der Waals surface area contributed by atoms with E-state index in [0.29, 0.717) is 13.0 Å². The summed E-state index contributed by atoms with van der Waals surface area (Å²) in [5.41, 5.74) is 2.30. The number of nitrogens with one attached hydrogen (secondary N) is 1. The van der Waals surface area contributed by atoms with Gasteiger partial charge in [0, 0.05) is 18.9 Å². The molecule has 0 radical (unpaired) electrons. The molecule has 0 aliphatic rings. The molecule has 0 saturated heterocycles. The normalized spacial score (nSPS) is 13.1. The van der Waals surface area contributed by atoms with Crippen LogP contribution in [0.3, 0.4) is 0 Å². The largest absolute Gasteiger partial charge is 0.354 e. The molecular formula is C20H23N5O. The van der Waals surface area contributed by atoms with Crippen molar-refractivity contribution in [1.29, 1.82) is 0 Å². The Hall–Kier alpha value is -3.02. The summed E-state index contributed by atoms with van der Waals surface area (Å²) in [7, 11) is 0. The topological polar surface area (TPSA) is 72.7 Å². The Kier molecular flexibility index (Phi) is 6.09. The van der Waals surface area contributed by atoms with Crippen molar-refractivity contribution in [2.45, 2.75) is 31.7 Å². The first-order chi connectivity index (χ1) is 12.8. The maximum absolute atomic E-state index is 12.9. The summed E-state index contributed by atoms with van der Waals surface area (Å²) in [5.74, 6) is 0.210. The molecule has 134 valence electrons. The average Bonchev–Trinajstić information content (AvgIpc) is 3.22. The molecule has 0 unspecified atom stereocenters. The van der Waals surface area contributed by atoms with Crippen molar-refractivity contribution < 1.29 is 4.79 Å². The minimum Gasteiger partial charge on any atom is -0.354 e. The molecule has 3 rings (SSSR count). The number of carbonyl (C=O) groups is 1. The van der Waals surface area contributed by atoms with Crippen LogP contribution in [0.2, 0.25) is 0 Å². The lowest BCUT2D eigenvalue weighted by Crippen LogP contribution is -2.36. The Bertz CT molecular complexity index is 790. The zero-order valence-electron chi connectivity index (χ0n) is 14.8. The van der Waals surface area contributed by atoms with E-state index in [2.05, 4.69) is 39.9 Å². The van der Waals surface area contributed by atoms with Gasteiger partial charge in [-0.2, -0.15) is 0 Å². The maximum atomic E-state index is 12.9. The van der Waals surface area contributed by atoms with Crippen LogP contribution >= 0.6 is 0 Å². The number of benzene rings is 2. The van der Waals surface area contributed by atoms with Crippen LogP contribution in [0.1, 0.15) is 36.4 Å². The Morgan fingerprint density at radius 2 is 1.77 bits per heavy atom. The molecule has 1 heterocycles.